The molecule has 7 nitrogen and oxygen atoms in total. The summed E-state index contributed by atoms with van der Waals surface area (Å²) in [6.45, 7) is 9.24. The Morgan fingerprint density at radius 1 is 1.05 bits per heavy atom. The second-order valence-electron chi connectivity index (χ2n) is 7.37. The predicted molar refractivity (Wildman–Crippen MR) is 83.0 cm³/mol. The van der Waals surface area contributed by atoms with Gasteiger partial charge in [-0.15, -0.1) is 0 Å². The lowest BCUT2D eigenvalue weighted by Gasteiger charge is -2.45. The predicted octanol–water partition coefficient (Wildman–Crippen LogP) is 2.18. The van der Waals surface area contributed by atoms with Crippen molar-refractivity contribution in [1.82, 2.24) is 15.0 Å². The Balaban J connectivity index is 2.17. The van der Waals surface area contributed by atoms with Crippen LogP contribution in [0.3, 0.4) is 0 Å². The molecule has 0 aliphatic heterocycles. The number of hydrogen-bond acceptors (Lipinski definition) is 7. The highest BCUT2D eigenvalue weighted by Gasteiger charge is 2.38. The Labute approximate surface area is 126 Å². The summed E-state index contributed by atoms with van der Waals surface area (Å²) in [4.78, 5) is 12.5. The molecule has 1 aliphatic rings. The van der Waals surface area contributed by atoms with Gasteiger partial charge in [-0.1, -0.05) is 27.7 Å². The first-order valence-electron chi connectivity index (χ1n) is 7.26. The number of ether oxygens (including phenoxy) is 1. The average molecular weight is 294 g/mol. The van der Waals surface area contributed by atoms with Gasteiger partial charge in [-0.25, -0.2) is 5.84 Å². The van der Waals surface area contributed by atoms with Crippen LogP contribution in [-0.2, 0) is 0 Å². The molecule has 118 valence electrons. The monoisotopic (exact) mass is 294 g/mol. The van der Waals surface area contributed by atoms with Crippen LogP contribution in [0.2, 0.25) is 0 Å². The maximum absolute atomic E-state index is 5.38. The summed E-state index contributed by atoms with van der Waals surface area (Å²) in [6.07, 6.45) is 3.37. The molecule has 0 unspecified atom stereocenters. The van der Waals surface area contributed by atoms with Crippen LogP contribution in [0.25, 0.3) is 0 Å². The van der Waals surface area contributed by atoms with Crippen LogP contribution in [0.1, 0.15) is 47.0 Å². The van der Waals surface area contributed by atoms with Crippen molar-refractivity contribution in [2.45, 2.75) is 53.0 Å². The van der Waals surface area contributed by atoms with Crippen LogP contribution >= 0.6 is 0 Å². The van der Waals surface area contributed by atoms with E-state index in [0.29, 0.717) is 28.8 Å². The molecular formula is C14H26N6O. The summed E-state index contributed by atoms with van der Waals surface area (Å²) in [5.74, 6) is 6.16. The van der Waals surface area contributed by atoms with Crippen LogP contribution in [0.4, 0.5) is 11.9 Å². The van der Waals surface area contributed by atoms with E-state index in [1.165, 1.54) is 13.5 Å². The highest BCUT2D eigenvalue weighted by Crippen LogP contribution is 2.46. The van der Waals surface area contributed by atoms with E-state index in [9.17, 15) is 0 Å². The minimum absolute atomic E-state index is 0.245. The fraction of sp³-hybridized carbons (Fsp3) is 0.786. The Morgan fingerprint density at radius 3 is 2.14 bits per heavy atom. The van der Waals surface area contributed by atoms with Gasteiger partial charge in [0.25, 0.3) is 0 Å². The van der Waals surface area contributed by atoms with E-state index < -0.39 is 0 Å². The van der Waals surface area contributed by atoms with Gasteiger partial charge < -0.3 is 10.1 Å². The van der Waals surface area contributed by atoms with Crippen molar-refractivity contribution in [2.75, 3.05) is 17.9 Å². The highest BCUT2D eigenvalue weighted by molar-refractivity contribution is 5.36. The molecule has 0 aromatic carbocycles. The lowest BCUT2D eigenvalue weighted by Crippen LogP contribution is -2.40. The number of aromatic nitrogens is 3. The van der Waals surface area contributed by atoms with E-state index in [1.807, 2.05) is 0 Å². The Morgan fingerprint density at radius 2 is 1.62 bits per heavy atom. The molecule has 1 aromatic heterocycles. The van der Waals surface area contributed by atoms with E-state index in [4.69, 9.17) is 10.6 Å². The number of hydrogen-bond donors (Lipinski definition) is 3. The van der Waals surface area contributed by atoms with Crippen LogP contribution < -0.4 is 21.3 Å². The van der Waals surface area contributed by atoms with Crippen molar-refractivity contribution in [3.63, 3.8) is 0 Å². The topological polar surface area (TPSA) is 98.0 Å². The third-order valence-corrected chi connectivity index (χ3v) is 3.81. The number of anilines is 2. The van der Waals surface area contributed by atoms with Gasteiger partial charge in [-0.3, -0.25) is 5.43 Å². The molecule has 4 N–H and O–H groups in total. The quantitative estimate of drug-likeness (QED) is 0.578. The maximum atomic E-state index is 5.38. The van der Waals surface area contributed by atoms with E-state index in [1.54, 1.807) is 0 Å². The van der Waals surface area contributed by atoms with E-state index in [0.717, 1.165) is 12.8 Å². The number of hydrazine groups is 1. The standard InChI is InChI=1S/C14H26N6O/c1-13(2)6-9(7-14(3,4)8-13)16-10-17-11(20-15)19-12(18-10)21-5/h9H,6-8,15H2,1-5H3,(H2,16,17,18,19,20). The summed E-state index contributed by atoms with van der Waals surface area (Å²) in [6, 6.07) is 0.566. The zero-order valence-electron chi connectivity index (χ0n) is 13.5. The van der Waals surface area contributed by atoms with Crippen molar-refractivity contribution < 1.29 is 4.74 Å². The summed E-state index contributed by atoms with van der Waals surface area (Å²) in [5.41, 5.74) is 3.02. The Hall–Kier alpha value is -1.63. The van der Waals surface area contributed by atoms with Gasteiger partial charge in [0.1, 0.15) is 0 Å². The normalized spacial score (nSPS) is 20.9. The van der Waals surface area contributed by atoms with Crippen molar-refractivity contribution in [2.24, 2.45) is 16.7 Å². The highest BCUT2D eigenvalue weighted by atomic mass is 16.5. The average Bonchev–Trinajstić information content (AvgIpc) is 2.34. The van der Waals surface area contributed by atoms with Crippen molar-refractivity contribution in [1.29, 1.82) is 0 Å². The van der Waals surface area contributed by atoms with Gasteiger partial charge in [0.15, 0.2) is 0 Å². The Bertz CT molecular complexity index is 464. The largest absolute Gasteiger partial charge is 0.467 e. The molecule has 1 aliphatic carbocycles. The molecule has 2 rings (SSSR count). The Kier molecular flexibility index (Phi) is 4.22. The molecule has 0 radical (unpaired) electrons. The van der Waals surface area contributed by atoms with Crippen molar-refractivity contribution in [3.05, 3.63) is 0 Å². The molecule has 0 saturated heterocycles. The molecule has 21 heavy (non-hydrogen) atoms. The summed E-state index contributed by atoms with van der Waals surface area (Å²) < 4.78 is 5.07. The first kappa shape index (κ1) is 15.8. The molecule has 1 saturated carbocycles. The number of rotatable bonds is 4. The van der Waals surface area contributed by atoms with Gasteiger partial charge in [0.2, 0.25) is 11.9 Å². The van der Waals surface area contributed by atoms with Crippen molar-refractivity contribution in [3.8, 4) is 6.01 Å². The van der Waals surface area contributed by atoms with Crippen LogP contribution in [0, 0.1) is 10.8 Å². The lowest BCUT2D eigenvalue weighted by molar-refractivity contribution is 0.105. The fourth-order valence-corrected chi connectivity index (χ4v) is 3.71. The number of methoxy groups -OCH3 is 1. The van der Waals surface area contributed by atoms with Gasteiger partial charge in [-0.2, -0.15) is 15.0 Å². The second-order valence-corrected chi connectivity index (χ2v) is 7.37. The third kappa shape index (κ3) is 4.17. The van der Waals surface area contributed by atoms with Gasteiger partial charge >= 0.3 is 6.01 Å². The van der Waals surface area contributed by atoms with Gasteiger partial charge in [0.05, 0.1) is 7.11 Å². The van der Waals surface area contributed by atoms with Crippen molar-refractivity contribution >= 4 is 11.9 Å². The molecule has 7 heteroatoms. The number of nitrogens with two attached hydrogens (primary N) is 1. The number of nitrogens with zero attached hydrogens (tertiary/aromatic N) is 3. The minimum atomic E-state index is 0.245. The van der Waals surface area contributed by atoms with E-state index >= 15 is 0 Å². The summed E-state index contributed by atoms with van der Waals surface area (Å²) in [5, 5.41) is 3.40. The zero-order valence-corrected chi connectivity index (χ0v) is 13.5. The first-order chi connectivity index (χ1) is 9.73. The van der Waals surface area contributed by atoms with E-state index in [2.05, 4.69) is 53.4 Å². The summed E-state index contributed by atoms with van der Waals surface area (Å²) in [7, 11) is 1.52. The summed E-state index contributed by atoms with van der Waals surface area (Å²) >= 11 is 0. The molecule has 0 bridgehead atoms. The first-order valence-corrected chi connectivity index (χ1v) is 7.26. The number of nitrogens with one attached hydrogen (secondary N) is 2. The molecular weight excluding hydrogens is 268 g/mol. The maximum Gasteiger partial charge on any atom is 0.322 e. The minimum Gasteiger partial charge on any atom is -0.467 e. The van der Waals surface area contributed by atoms with Gasteiger partial charge in [0, 0.05) is 6.04 Å². The van der Waals surface area contributed by atoms with Crippen LogP contribution in [0.5, 0.6) is 6.01 Å². The second kappa shape index (κ2) is 5.63. The van der Waals surface area contributed by atoms with Gasteiger partial charge in [-0.05, 0) is 30.1 Å². The molecule has 1 heterocycles. The smallest absolute Gasteiger partial charge is 0.322 e. The third-order valence-electron chi connectivity index (χ3n) is 3.81. The lowest BCUT2D eigenvalue weighted by atomic mass is 9.63. The molecule has 1 fully saturated rings. The number of nitrogen functional groups attached to an aromatic ring is 1. The van der Waals surface area contributed by atoms with E-state index in [-0.39, 0.29) is 6.01 Å². The molecule has 0 spiro atoms. The SMILES string of the molecule is COc1nc(NN)nc(NC2CC(C)(C)CC(C)(C)C2)n1. The van der Waals surface area contributed by atoms with Crippen LogP contribution in [0.15, 0.2) is 0 Å². The molecule has 0 amide bonds. The molecule has 0 atom stereocenters. The zero-order chi connectivity index (χ0) is 15.7. The van der Waals surface area contributed by atoms with Crippen LogP contribution in [-0.4, -0.2) is 28.1 Å². The fourth-order valence-electron chi connectivity index (χ4n) is 3.71. The molecule has 1 aromatic rings.